The lowest BCUT2D eigenvalue weighted by molar-refractivity contribution is -0.121. The molecule has 0 bridgehead atoms. The molecular formula is C20H26N2O4S. The van der Waals surface area contributed by atoms with Crippen LogP contribution >= 0.6 is 0 Å². The number of rotatable bonds is 9. The first kappa shape index (κ1) is 20.9. The third kappa shape index (κ3) is 6.37. The van der Waals surface area contributed by atoms with Crippen LogP contribution in [0.4, 0.5) is 0 Å². The predicted molar refractivity (Wildman–Crippen MR) is 105 cm³/mol. The summed E-state index contributed by atoms with van der Waals surface area (Å²) in [6, 6.07) is 13.9. The minimum absolute atomic E-state index is 0.0298. The molecule has 0 saturated heterocycles. The molecule has 7 heteroatoms. The van der Waals surface area contributed by atoms with Gasteiger partial charge in [0.05, 0.1) is 17.5 Å². The molecule has 2 rings (SSSR count). The molecule has 0 spiro atoms. The summed E-state index contributed by atoms with van der Waals surface area (Å²) in [5.74, 6) is 0.401. The summed E-state index contributed by atoms with van der Waals surface area (Å²) in [6.45, 7) is 6.30. The molecule has 146 valence electrons. The zero-order valence-corrected chi connectivity index (χ0v) is 16.7. The Morgan fingerprint density at radius 1 is 1.07 bits per heavy atom. The maximum absolute atomic E-state index is 12.3. The van der Waals surface area contributed by atoms with Crippen molar-refractivity contribution in [3.05, 3.63) is 59.7 Å². The maximum atomic E-state index is 12.3. The van der Waals surface area contributed by atoms with Gasteiger partial charge in [-0.05, 0) is 50.6 Å². The van der Waals surface area contributed by atoms with E-state index in [4.69, 9.17) is 4.74 Å². The number of nitrogens with one attached hydrogen (secondary N) is 2. The molecule has 1 amide bonds. The van der Waals surface area contributed by atoms with E-state index in [1.807, 2.05) is 45.0 Å². The SMILES string of the molecule is CCOc1ccc(S(=O)(=O)NCCC(=O)NC(C)c2ccc(C)cc2)cc1. The molecule has 0 fully saturated rings. The first-order valence-electron chi connectivity index (χ1n) is 8.90. The summed E-state index contributed by atoms with van der Waals surface area (Å²) in [4.78, 5) is 12.2. The maximum Gasteiger partial charge on any atom is 0.240 e. The zero-order chi connectivity index (χ0) is 19.9. The average Bonchev–Trinajstić information content (AvgIpc) is 2.63. The number of aryl methyl sites for hydroxylation is 1. The molecule has 0 aliphatic rings. The molecule has 0 aromatic heterocycles. The zero-order valence-electron chi connectivity index (χ0n) is 15.9. The van der Waals surface area contributed by atoms with Gasteiger partial charge in [0.2, 0.25) is 15.9 Å². The molecule has 2 N–H and O–H groups in total. The van der Waals surface area contributed by atoms with Crippen LogP contribution in [-0.2, 0) is 14.8 Å². The Kier molecular flexibility index (Phi) is 7.38. The highest BCUT2D eigenvalue weighted by molar-refractivity contribution is 7.89. The van der Waals surface area contributed by atoms with Crippen molar-refractivity contribution >= 4 is 15.9 Å². The monoisotopic (exact) mass is 390 g/mol. The summed E-state index contributed by atoms with van der Waals surface area (Å²) in [5.41, 5.74) is 2.16. The predicted octanol–water partition coefficient (Wildman–Crippen LogP) is 2.94. The lowest BCUT2D eigenvalue weighted by atomic mass is 10.1. The van der Waals surface area contributed by atoms with E-state index in [0.29, 0.717) is 12.4 Å². The minimum atomic E-state index is -3.66. The summed E-state index contributed by atoms with van der Waals surface area (Å²) in [6.07, 6.45) is 0.0620. The number of benzene rings is 2. The third-order valence-electron chi connectivity index (χ3n) is 4.04. The van der Waals surface area contributed by atoms with Crippen LogP contribution < -0.4 is 14.8 Å². The van der Waals surface area contributed by atoms with Crippen molar-refractivity contribution < 1.29 is 17.9 Å². The van der Waals surface area contributed by atoms with Gasteiger partial charge in [-0.25, -0.2) is 13.1 Å². The van der Waals surface area contributed by atoms with Crippen LogP contribution in [0.2, 0.25) is 0 Å². The van der Waals surface area contributed by atoms with Gasteiger partial charge in [-0.1, -0.05) is 29.8 Å². The molecular weight excluding hydrogens is 364 g/mol. The molecule has 0 aliphatic heterocycles. The fraction of sp³-hybridized carbons (Fsp3) is 0.350. The number of hydrogen-bond donors (Lipinski definition) is 2. The second-order valence-electron chi connectivity index (χ2n) is 6.25. The van der Waals surface area contributed by atoms with Crippen LogP contribution in [0.3, 0.4) is 0 Å². The highest BCUT2D eigenvalue weighted by Crippen LogP contribution is 2.16. The molecule has 1 atom stereocenters. The summed E-state index contributed by atoms with van der Waals surface area (Å²) in [5, 5.41) is 2.87. The van der Waals surface area contributed by atoms with Crippen LogP contribution in [0.1, 0.15) is 37.4 Å². The van der Waals surface area contributed by atoms with Crippen molar-refractivity contribution in [1.29, 1.82) is 0 Å². The molecule has 2 aromatic carbocycles. The fourth-order valence-electron chi connectivity index (χ4n) is 2.52. The van der Waals surface area contributed by atoms with E-state index in [2.05, 4.69) is 10.0 Å². The summed E-state index contributed by atoms with van der Waals surface area (Å²) < 4.78 is 32.3. The van der Waals surface area contributed by atoms with E-state index in [9.17, 15) is 13.2 Å². The first-order chi connectivity index (χ1) is 12.8. The van der Waals surface area contributed by atoms with E-state index >= 15 is 0 Å². The van der Waals surface area contributed by atoms with Gasteiger partial charge < -0.3 is 10.1 Å². The van der Waals surface area contributed by atoms with Crippen LogP contribution in [-0.4, -0.2) is 27.5 Å². The van der Waals surface area contributed by atoms with Gasteiger partial charge in [-0.15, -0.1) is 0 Å². The highest BCUT2D eigenvalue weighted by atomic mass is 32.2. The van der Waals surface area contributed by atoms with Gasteiger partial charge in [0, 0.05) is 13.0 Å². The van der Waals surface area contributed by atoms with Crippen molar-refractivity contribution in [3.63, 3.8) is 0 Å². The van der Waals surface area contributed by atoms with E-state index in [1.54, 1.807) is 12.1 Å². The Morgan fingerprint density at radius 3 is 2.30 bits per heavy atom. The van der Waals surface area contributed by atoms with Crippen LogP contribution in [0.5, 0.6) is 5.75 Å². The van der Waals surface area contributed by atoms with Gasteiger partial charge in [0.15, 0.2) is 0 Å². The Balaban J connectivity index is 1.83. The van der Waals surface area contributed by atoms with E-state index in [1.165, 1.54) is 12.1 Å². The minimum Gasteiger partial charge on any atom is -0.494 e. The molecule has 0 saturated carbocycles. The quantitative estimate of drug-likeness (QED) is 0.689. The van der Waals surface area contributed by atoms with Crippen molar-refractivity contribution in [2.45, 2.75) is 38.1 Å². The van der Waals surface area contributed by atoms with E-state index in [0.717, 1.165) is 11.1 Å². The molecule has 1 unspecified atom stereocenters. The van der Waals surface area contributed by atoms with Gasteiger partial charge in [-0.2, -0.15) is 0 Å². The summed E-state index contributed by atoms with van der Waals surface area (Å²) in [7, 11) is -3.66. The number of ether oxygens (including phenoxy) is 1. The van der Waals surface area contributed by atoms with Crippen molar-refractivity contribution in [2.24, 2.45) is 0 Å². The Morgan fingerprint density at radius 2 is 1.70 bits per heavy atom. The van der Waals surface area contributed by atoms with Crippen molar-refractivity contribution in [3.8, 4) is 5.75 Å². The smallest absolute Gasteiger partial charge is 0.240 e. The molecule has 6 nitrogen and oxygen atoms in total. The van der Waals surface area contributed by atoms with Crippen molar-refractivity contribution in [2.75, 3.05) is 13.2 Å². The lowest BCUT2D eigenvalue weighted by Crippen LogP contribution is -2.32. The lowest BCUT2D eigenvalue weighted by Gasteiger charge is -2.15. The molecule has 27 heavy (non-hydrogen) atoms. The normalized spacial score (nSPS) is 12.4. The number of carbonyl (C=O) groups is 1. The first-order valence-corrected chi connectivity index (χ1v) is 10.4. The van der Waals surface area contributed by atoms with Gasteiger partial charge in [0.25, 0.3) is 0 Å². The Hall–Kier alpha value is -2.38. The van der Waals surface area contributed by atoms with Gasteiger partial charge in [-0.3, -0.25) is 4.79 Å². The number of carbonyl (C=O) groups excluding carboxylic acids is 1. The molecule has 0 heterocycles. The largest absolute Gasteiger partial charge is 0.494 e. The Labute approximate surface area is 161 Å². The molecule has 0 aliphatic carbocycles. The molecule has 2 aromatic rings. The van der Waals surface area contributed by atoms with Gasteiger partial charge >= 0.3 is 0 Å². The van der Waals surface area contributed by atoms with Crippen molar-refractivity contribution in [1.82, 2.24) is 10.0 Å². The third-order valence-corrected chi connectivity index (χ3v) is 5.52. The summed E-state index contributed by atoms with van der Waals surface area (Å²) >= 11 is 0. The van der Waals surface area contributed by atoms with E-state index < -0.39 is 10.0 Å². The number of sulfonamides is 1. The number of hydrogen-bond acceptors (Lipinski definition) is 4. The second kappa shape index (κ2) is 9.53. The average molecular weight is 391 g/mol. The highest BCUT2D eigenvalue weighted by Gasteiger charge is 2.15. The van der Waals surface area contributed by atoms with Crippen LogP contribution in [0.25, 0.3) is 0 Å². The van der Waals surface area contributed by atoms with Crippen LogP contribution in [0, 0.1) is 6.92 Å². The fourth-order valence-corrected chi connectivity index (χ4v) is 3.55. The van der Waals surface area contributed by atoms with Crippen LogP contribution in [0.15, 0.2) is 53.4 Å². The van der Waals surface area contributed by atoms with E-state index in [-0.39, 0.29) is 29.8 Å². The number of amides is 1. The molecule has 0 radical (unpaired) electrons. The topological polar surface area (TPSA) is 84.5 Å². The Bertz CT molecular complexity index is 847. The van der Waals surface area contributed by atoms with Gasteiger partial charge in [0.1, 0.15) is 5.75 Å². The second-order valence-corrected chi connectivity index (χ2v) is 8.02. The standard InChI is InChI=1S/C20H26N2O4S/c1-4-26-18-9-11-19(12-10-18)27(24,25)21-14-13-20(23)22-16(3)17-7-5-15(2)6-8-17/h5-12,16,21H,4,13-14H2,1-3H3,(H,22,23).